The van der Waals surface area contributed by atoms with E-state index in [9.17, 15) is 14.9 Å². The maximum atomic E-state index is 12.1. The van der Waals surface area contributed by atoms with Gasteiger partial charge in [-0.1, -0.05) is 0 Å². The summed E-state index contributed by atoms with van der Waals surface area (Å²) >= 11 is 0. The number of non-ortho nitro benzene ring substituents is 1. The minimum Gasteiger partial charge on any atom is -0.496 e. The van der Waals surface area contributed by atoms with Gasteiger partial charge in [0.1, 0.15) is 11.4 Å². The van der Waals surface area contributed by atoms with Gasteiger partial charge in [-0.3, -0.25) is 19.6 Å². The largest absolute Gasteiger partial charge is 0.496 e. The van der Waals surface area contributed by atoms with Gasteiger partial charge in [0, 0.05) is 19.2 Å². The fourth-order valence-corrected chi connectivity index (χ4v) is 1.90. The highest BCUT2D eigenvalue weighted by atomic mass is 16.6. The lowest BCUT2D eigenvalue weighted by Gasteiger charge is -2.07. The molecule has 0 aliphatic carbocycles. The van der Waals surface area contributed by atoms with E-state index in [-0.39, 0.29) is 11.4 Å². The second-order valence-corrected chi connectivity index (χ2v) is 4.43. The van der Waals surface area contributed by atoms with Crippen LogP contribution in [0.2, 0.25) is 0 Å². The standard InChI is InChI=1S/C13H14N4O4/c1-8-4-12(16(2)15-8)13(18)14-9-5-10(17(19)20)7-11(6-9)21-3/h4-7H,1-3H3,(H,14,18). The summed E-state index contributed by atoms with van der Waals surface area (Å²) in [5, 5.41) is 17.5. The van der Waals surface area contributed by atoms with Crippen molar-refractivity contribution in [1.29, 1.82) is 0 Å². The Hall–Kier alpha value is -2.90. The summed E-state index contributed by atoms with van der Waals surface area (Å²) < 4.78 is 6.43. The van der Waals surface area contributed by atoms with Gasteiger partial charge >= 0.3 is 0 Å². The molecule has 0 saturated heterocycles. The number of ether oxygens (including phenoxy) is 1. The normalized spacial score (nSPS) is 10.2. The van der Waals surface area contributed by atoms with Crippen LogP contribution in [0.4, 0.5) is 11.4 Å². The molecule has 1 N–H and O–H groups in total. The van der Waals surface area contributed by atoms with Crippen molar-refractivity contribution < 1.29 is 14.5 Å². The molecule has 0 radical (unpaired) electrons. The molecule has 0 fully saturated rings. The van der Waals surface area contributed by atoms with Crippen LogP contribution in [0.1, 0.15) is 16.2 Å². The number of nitro groups is 1. The molecule has 1 heterocycles. The molecule has 0 bridgehead atoms. The number of carbonyl (C=O) groups excluding carboxylic acids is 1. The topological polar surface area (TPSA) is 99.3 Å². The van der Waals surface area contributed by atoms with E-state index in [0.717, 1.165) is 0 Å². The number of rotatable bonds is 4. The minimum atomic E-state index is -0.549. The summed E-state index contributed by atoms with van der Waals surface area (Å²) in [4.78, 5) is 22.5. The third-order valence-electron chi connectivity index (χ3n) is 2.83. The van der Waals surface area contributed by atoms with Crippen molar-refractivity contribution in [1.82, 2.24) is 9.78 Å². The molecule has 0 aliphatic heterocycles. The van der Waals surface area contributed by atoms with E-state index in [0.29, 0.717) is 17.1 Å². The monoisotopic (exact) mass is 290 g/mol. The van der Waals surface area contributed by atoms with Crippen molar-refractivity contribution in [3.63, 3.8) is 0 Å². The van der Waals surface area contributed by atoms with Gasteiger partial charge in [-0.25, -0.2) is 0 Å². The summed E-state index contributed by atoms with van der Waals surface area (Å²) in [5.41, 5.74) is 1.19. The van der Waals surface area contributed by atoms with Crippen LogP contribution in [0.5, 0.6) is 5.75 Å². The molecule has 0 unspecified atom stereocenters. The van der Waals surface area contributed by atoms with Crippen molar-refractivity contribution in [3.8, 4) is 5.75 Å². The van der Waals surface area contributed by atoms with Crippen LogP contribution in [0, 0.1) is 17.0 Å². The molecule has 8 heteroatoms. The number of methoxy groups -OCH3 is 1. The average Bonchev–Trinajstić information content (AvgIpc) is 2.77. The van der Waals surface area contributed by atoms with E-state index >= 15 is 0 Å². The van der Waals surface area contributed by atoms with Crippen molar-refractivity contribution in [2.24, 2.45) is 7.05 Å². The summed E-state index contributed by atoms with van der Waals surface area (Å²) in [5.74, 6) is -0.110. The Kier molecular flexibility index (Phi) is 3.88. The maximum absolute atomic E-state index is 12.1. The number of carbonyl (C=O) groups is 1. The number of anilines is 1. The Labute approximate surface area is 120 Å². The molecular weight excluding hydrogens is 276 g/mol. The lowest BCUT2D eigenvalue weighted by molar-refractivity contribution is -0.384. The van der Waals surface area contributed by atoms with Crippen LogP contribution < -0.4 is 10.1 Å². The molecule has 0 saturated carbocycles. The van der Waals surface area contributed by atoms with Crippen LogP contribution in [-0.4, -0.2) is 27.7 Å². The van der Waals surface area contributed by atoms with Crippen molar-refractivity contribution in [3.05, 3.63) is 45.8 Å². The summed E-state index contributed by atoms with van der Waals surface area (Å²) in [7, 11) is 3.05. The zero-order valence-corrected chi connectivity index (χ0v) is 11.8. The number of nitrogens with one attached hydrogen (secondary N) is 1. The summed E-state index contributed by atoms with van der Waals surface area (Å²) in [6.07, 6.45) is 0. The number of hydrogen-bond acceptors (Lipinski definition) is 5. The van der Waals surface area contributed by atoms with Crippen molar-refractivity contribution in [2.75, 3.05) is 12.4 Å². The van der Waals surface area contributed by atoms with Gasteiger partial charge in [0.2, 0.25) is 0 Å². The first kappa shape index (κ1) is 14.5. The highest BCUT2D eigenvalue weighted by Crippen LogP contribution is 2.26. The van der Waals surface area contributed by atoms with Gasteiger partial charge in [-0.05, 0) is 13.0 Å². The molecule has 21 heavy (non-hydrogen) atoms. The predicted molar refractivity (Wildman–Crippen MR) is 75.5 cm³/mol. The lowest BCUT2D eigenvalue weighted by Crippen LogP contribution is -2.16. The second kappa shape index (κ2) is 5.61. The van der Waals surface area contributed by atoms with E-state index in [1.165, 1.54) is 30.0 Å². The summed E-state index contributed by atoms with van der Waals surface area (Å²) in [6.45, 7) is 1.77. The number of benzene rings is 1. The van der Waals surface area contributed by atoms with Gasteiger partial charge < -0.3 is 10.1 Å². The Balaban J connectivity index is 2.30. The number of aromatic nitrogens is 2. The van der Waals surface area contributed by atoms with E-state index in [2.05, 4.69) is 10.4 Å². The first-order valence-corrected chi connectivity index (χ1v) is 6.06. The van der Waals surface area contributed by atoms with Gasteiger partial charge in [0.15, 0.2) is 0 Å². The van der Waals surface area contributed by atoms with E-state index in [1.54, 1.807) is 20.0 Å². The average molecular weight is 290 g/mol. The summed E-state index contributed by atoms with van der Waals surface area (Å²) in [6, 6.07) is 5.69. The fourth-order valence-electron chi connectivity index (χ4n) is 1.90. The second-order valence-electron chi connectivity index (χ2n) is 4.43. The quantitative estimate of drug-likeness (QED) is 0.684. The van der Waals surface area contributed by atoms with E-state index in [4.69, 9.17) is 4.74 Å². The third kappa shape index (κ3) is 3.16. The smallest absolute Gasteiger partial charge is 0.275 e. The molecule has 2 aromatic rings. The van der Waals surface area contributed by atoms with Gasteiger partial charge in [-0.2, -0.15) is 5.10 Å². The van der Waals surface area contributed by atoms with Crippen LogP contribution >= 0.6 is 0 Å². The molecule has 0 atom stereocenters. The molecule has 1 amide bonds. The molecule has 2 rings (SSSR count). The molecule has 1 aromatic heterocycles. The molecule has 110 valence electrons. The zero-order valence-electron chi connectivity index (χ0n) is 11.8. The lowest BCUT2D eigenvalue weighted by atomic mass is 10.2. The molecule has 0 aliphatic rings. The van der Waals surface area contributed by atoms with Gasteiger partial charge in [-0.15, -0.1) is 0 Å². The molecule has 1 aromatic carbocycles. The van der Waals surface area contributed by atoms with Crippen LogP contribution in [-0.2, 0) is 7.05 Å². The van der Waals surface area contributed by atoms with Gasteiger partial charge in [0.25, 0.3) is 11.6 Å². The van der Waals surface area contributed by atoms with Gasteiger partial charge in [0.05, 0.1) is 29.5 Å². The number of nitro benzene ring substituents is 1. The Morgan fingerprint density at radius 1 is 1.38 bits per heavy atom. The number of hydrogen-bond donors (Lipinski definition) is 1. The van der Waals surface area contributed by atoms with Crippen LogP contribution in [0.3, 0.4) is 0 Å². The highest BCUT2D eigenvalue weighted by Gasteiger charge is 2.15. The first-order chi connectivity index (χ1) is 9.90. The Morgan fingerprint density at radius 3 is 2.62 bits per heavy atom. The zero-order chi connectivity index (χ0) is 15.6. The van der Waals surface area contributed by atoms with Crippen molar-refractivity contribution in [2.45, 2.75) is 6.92 Å². The SMILES string of the molecule is COc1cc(NC(=O)c2cc(C)nn2C)cc([N+](=O)[O-])c1. The highest BCUT2D eigenvalue weighted by molar-refractivity contribution is 6.03. The van der Waals surface area contributed by atoms with E-state index in [1.807, 2.05) is 0 Å². The number of amides is 1. The third-order valence-corrected chi connectivity index (χ3v) is 2.83. The van der Waals surface area contributed by atoms with Crippen molar-refractivity contribution >= 4 is 17.3 Å². The van der Waals surface area contributed by atoms with Crippen LogP contribution in [0.25, 0.3) is 0 Å². The Morgan fingerprint density at radius 2 is 2.10 bits per heavy atom. The Bertz CT molecular complexity index is 708. The first-order valence-electron chi connectivity index (χ1n) is 6.06. The minimum absolute atomic E-state index is 0.161. The molecule has 0 spiro atoms. The fraction of sp³-hybridized carbons (Fsp3) is 0.231. The number of nitrogens with zero attached hydrogens (tertiary/aromatic N) is 3. The van der Waals surface area contributed by atoms with Crippen LogP contribution in [0.15, 0.2) is 24.3 Å². The predicted octanol–water partition coefficient (Wildman–Crippen LogP) is 1.90. The molecular formula is C13H14N4O4. The maximum Gasteiger partial charge on any atom is 0.275 e. The number of aryl methyl sites for hydroxylation is 2. The van der Waals surface area contributed by atoms with E-state index < -0.39 is 10.8 Å². The molecule has 8 nitrogen and oxygen atoms in total.